The summed E-state index contributed by atoms with van der Waals surface area (Å²) >= 11 is 0. The molecule has 3 rings (SSSR count). The Labute approximate surface area is 153 Å². The smallest absolute Gasteiger partial charge is 0.258 e. The van der Waals surface area contributed by atoms with E-state index in [1.54, 1.807) is 24.1 Å². The minimum Gasteiger partial charge on any atom is -0.466 e. The number of piperidine rings is 1. The summed E-state index contributed by atoms with van der Waals surface area (Å²) in [6, 6.07) is 7.07. The lowest BCUT2D eigenvalue weighted by atomic mass is 10.00. The van der Waals surface area contributed by atoms with Gasteiger partial charge in [0.1, 0.15) is 17.6 Å². The van der Waals surface area contributed by atoms with Crippen molar-refractivity contribution in [2.24, 2.45) is 0 Å². The van der Waals surface area contributed by atoms with Gasteiger partial charge in [0.15, 0.2) is 0 Å². The van der Waals surface area contributed by atoms with Crippen LogP contribution in [0.25, 0.3) is 0 Å². The van der Waals surface area contributed by atoms with Gasteiger partial charge in [0.2, 0.25) is 5.91 Å². The molecule has 1 N–H and O–H groups in total. The predicted molar refractivity (Wildman–Crippen MR) is 97.8 cm³/mol. The van der Waals surface area contributed by atoms with E-state index in [1.165, 1.54) is 0 Å². The summed E-state index contributed by atoms with van der Waals surface area (Å²) in [7, 11) is 0. The highest BCUT2D eigenvalue weighted by molar-refractivity contribution is 5.98. The zero-order chi connectivity index (χ0) is 18.5. The number of hydrogen-bond acceptors (Lipinski definition) is 4. The Bertz CT molecular complexity index is 770. The maximum absolute atomic E-state index is 12.9. The first-order valence-electron chi connectivity index (χ1n) is 9.12. The van der Waals surface area contributed by atoms with Crippen LogP contribution in [0.3, 0.4) is 0 Å². The number of amides is 2. The number of nitrogens with one attached hydrogen (secondary N) is 1. The van der Waals surface area contributed by atoms with Gasteiger partial charge in [-0.2, -0.15) is 0 Å². The van der Waals surface area contributed by atoms with Crippen molar-refractivity contribution in [2.45, 2.75) is 45.6 Å². The fourth-order valence-corrected chi connectivity index (χ4v) is 3.42. The topological polar surface area (TPSA) is 75.4 Å². The second-order valence-corrected chi connectivity index (χ2v) is 6.70. The fourth-order valence-electron chi connectivity index (χ4n) is 3.42. The van der Waals surface area contributed by atoms with Gasteiger partial charge in [-0.1, -0.05) is 6.07 Å². The minimum absolute atomic E-state index is 0.0909. The van der Waals surface area contributed by atoms with E-state index in [0.29, 0.717) is 43.0 Å². The molecule has 2 aromatic rings. The molecule has 3 heterocycles. The number of pyridine rings is 1. The van der Waals surface area contributed by atoms with E-state index in [0.717, 1.165) is 18.5 Å². The standard InChI is InChI=1S/C20H25N3O3/c1-14-13-17(15(2)26-14)20(25)23-12-6-4-8-18(23)19(24)22-11-9-16-7-3-5-10-21-16/h3,5,7,10,13,18H,4,6,8-9,11-12H2,1-2H3,(H,22,24). The maximum Gasteiger partial charge on any atom is 0.258 e. The van der Waals surface area contributed by atoms with Gasteiger partial charge in [-0.05, 0) is 51.3 Å². The van der Waals surface area contributed by atoms with Crippen molar-refractivity contribution in [3.05, 3.63) is 53.2 Å². The Kier molecular flexibility index (Phi) is 5.71. The Morgan fingerprint density at radius 1 is 1.31 bits per heavy atom. The van der Waals surface area contributed by atoms with E-state index in [9.17, 15) is 9.59 Å². The number of aromatic nitrogens is 1. The molecule has 26 heavy (non-hydrogen) atoms. The van der Waals surface area contributed by atoms with Crippen molar-refractivity contribution >= 4 is 11.8 Å². The van der Waals surface area contributed by atoms with Crippen LogP contribution in [-0.2, 0) is 11.2 Å². The third kappa shape index (κ3) is 4.12. The Morgan fingerprint density at radius 2 is 2.15 bits per heavy atom. The number of aryl methyl sites for hydroxylation is 2. The van der Waals surface area contributed by atoms with Gasteiger partial charge in [-0.25, -0.2) is 0 Å². The molecule has 1 fully saturated rings. The molecule has 0 bridgehead atoms. The van der Waals surface area contributed by atoms with Gasteiger partial charge in [0, 0.05) is 31.4 Å². The van der Waals surface area contributed by atoms with Gasteiger partial charge in [-0.15, -0.1) is 0 Å². The van der Waals surface area contributed by atoms with Crippen LogP contribution in [0.2, 0.25) is 0 Å². The Balaban J connectivity index is 1.63. The van der Waals surface area contributed by atoms with E-state index in [1.807, 2.05) is 25.1 Å². The largest absolute Gasteiger partial charge is 0.466 e. The van der Waals surface area contributed by atoms with Gasteiger partial charge >= 0.3 is 0 Å². The van der Waals surface area contributed by atoms with Crippen LogP contribution in [-0.4, -0.2) is 40.8 Å². The molecule has 0 aromatic carbocycles. The van der Waals surface area contributed by atoms with E-state index >= 15 is 0 Å². The molecule has 1 aliphatic rings. The highest BCUT2D eigenvalue weighted by atomic mass is 16.3. The van der Waals surface area contributed by atoms with Crippen LogP contribution in [0.4, 0.5) is 0 Å². The fraction of sp³-hybridized carbons (Fsp3) is 0.450. The molecule has 1 aliphatic heterocycles. The van der Waals surface area contributed by atoms with Crippen molar-refractivity contribution in [1.29, 1.82) is 0 Å². The number of furan rings is 1. The summed E-state index contributed by atoms with van der Waals surface area (Å²) in [6.45, 7) is 4.72. The molecule has 0 aliphatic carbocycles. The van der Waals surface area contributed by atoms with Crippen LogP contribution in [0, 0.1) is 13.8 Å². The van der Waals surface area contributed by atoms with Crippen LogP contribution >= 0.6 is 0 Å². The lowest BCUT2D eigenvalue weighted by molar-refractivity contribution is -0.126. The van der Waals surface area contributed by atoms with E-state index in [4.69, 9.17) is 4.42 Å². The van der Waals surface area contributed by atoms with E-state index in [-0.39, 0.29) is 11.8 Å². The van der Waals surface area contributed by atoms with Crippen molar-refractivity contribution in [2.75, 3.05) is 13.1 Å². The minimum atomic E-state index is -0.422. The summed E-state index contributed by atoms with van der Waals surface area (Å²) in [4.78, 5) is 31.5. The summed E-state index contributed by atoms with van der Waals surface area (Å²) in [5.41, 5.74) is 1.49. The van der Waals surface area contributed by atoms with Crippen molar-refractivity contribution < 1.29 is 14.0 Å². The number of carbonyl (C=O) groups is 2. The molecule has 1 atom stereocenters. The number of nitrogens with zero attached hydrogens (tertiary/aromatic N) is 2. The maximum atomic E-state index is 12.9. The molecular weight excluding hydrogens is 330 g/mol. The zero-order valence-electron chi connectivity index (χ0n) is 15.3. The van der Waals surface area contributed by atoms with Crippen LogP contribution < -0.4 is 5.32 Å². The summed E-state index contributed by atoms with van der Waals surface area (Å²) in [5, 5.41) is 2.96. The van der Waals surface area contributed by atoms with Crippen molar-refractivity contribution in [3.63, 3.8) is 0 Å². The Hall–Kier alpha value is -2.63. The molecule has 0 saturated carbocycles. The molecule has 1 unspecified atom stereocenters. The SMILES string of the molecule is Cc1cc(C(=O)N2CCCCC2C(=O)NCCc2ccccn2)c(C)o1. The number of carbonyl (C=O) groups excluding carboxylic acids is 2. The third-order valence-corrected chi connectivity index (χ3v) is 4.74. The molecule has 1 saturated heterocycles. The number of hydrogen-bond donors (Lipinski definition) is 1. The first-order valence-corrected chi connectivity index (χ1v) is 9.12. The summed E-state index contributed by atoms with van der Waals surface area (Å²) in [6.07, 6.45) is 4.98. The highest BCUT2D eigenvalue weighted by Gasteiger charge is 2.33. The first-order chi connectivity index (χ1) is 12.6. The molecule has 138 valence electrons. The summed E-state index contributed by atoms with van der Waals surface area (Å²) in [5.74, 6) is 1.10. The highest BCUT2D eigenvalue weighted by Crippen LogP contribution is 2.23. The molecular formula is C20H25N3O3. The lowest BCUT2D eigenvalue weighted by Crippen LogP contribution is -2.52. The second-order valence-electron chi connectivity index (χ2n) is 6.70. The average Bonchev–Trinajstić information content (AvgIpc) is 3.00. The van der Waals surface area contributed by atoms with Crippen LogP contribution in [0.15, 0.2) is 34.9 Å². The molecule has 0 radical (unpaired) electrons. The molecule has 2 aromatic heterocycles. The van der Waals surface area contributed by atoms with Crippen molar-refractivity contribution in [1.82, 2.24) is 15.2 Å². The van der Waals surface area contributed by atoms with Gasteiger partial charge in [-0.3, -0.25) is 14.6 Å². The normalized spacial score (nSPS) is 17.2. The van der Waals surface area contributed by atoms with E-state index in [2.05, 4.69) is 10.3 Å². The van der Waals surface area contributed by atoms with Gasteiger partial charge in [0.05, 0.1) is 5.56 Å². The van der Waals surface area contributed by atoms with Crippen LogP contribution in [0.1, 0.15) is 46.8 Å². The lowest BCUT2D eigenvalue weighted by Gasteiger charge is -2.34. The number of rotatable bonds is 5. The van der Waals surface area contributed by atoms with E-state index < -0.39 is 6.04 Å². The predicted octanol–water partition coefficient (Wildman–Crippen LogP) is 2.65. The molecule has 2 amide bonds. The average molecular weight is 355 g/mol. The van der Waals surface area contributed by atoms with Crippen LogP contribution in [0.5, 0.6) is 0 Å². The number of likely N-dealkylation sites (tertiary alicyclic amines) is 1. The quantitative estimate of drug-likeness (QED) is 0.895. The molecule has 6 heteroatoms. The monoisotopic (exact) mass is 355 g/mol. The second kappa shape index (κ2) is 8.17. The Morgan fingerprint density at radius 3 is 2.85 bits per heavy atom. The van der Waals surface area contributed by atoms with Gasteiger partial charge < -0.3 is 14.6 Å². The van der Waals surface area contributed by atoms with Gasteiger partial charge in [0.25, 0.3) is 5.91 Å². The first kappa shape index (κ1) is 18.2. The zero-order valence-corrected chi connectivity index (χ0v) is 15.3. The summed E-state index contributed by atoms with van der Waals surface area (Å²) < 4.78 is 5.48. The molecule has 0 spiro atoms. The van der Waals surface area contributed by atoms with Crippen molar-refractivity contribution in [3.8, 4) is 0 Å². The molecule has 6 nitrogen and oxygen atoms in total. The third-order valence-electron chi connectivity index (χ3n) is 4.74.